The van der Waals surface area contributed by atoms with Gasteiger partial charge in [-0.2, -0.15) is 0 Å². The standard InChI is InChI=1S/C19H20BrN5O2S/c1-27-14-8-6-13(7-9-14)12-22-17(26)10-11-28-19-24-23-18(25(19)21)15-4-2-3-5-16(15)20/h2-9H,10-12,21H2,1H3,(H,22,26). The van der Waals surface area contributed by atoms with Crippen LogP contribution < -0.4 is 15.9 Å². The van der Waals surface area contributed by atoms with Crippen molar-refractivity contribution in [2.24, 2.45) is 0 Å². The average Bonchev–Trinajstić information content (AvgIpc) is 3.07. The van der Waals surface area contributed by atoms with Gasteiger partial charge in [-0.1, -0.05) is 52.0 Å². The first-order valence-corrected chi connectivity index (χ1v) is 10.3. The molecular formula is C19H20BrN5O2S. The van der Waals surface area contributed by atoms with Crippen molar-refractivity contribution in [3.63, 3.8) is 0 Å². The van der Waals surface area contributed by atoms with Gasteiger partial charge in [-0.25, -0.2) is 4.68 Å². The lowest BCUT2D eigenvalue weighted by Gasteiger charge is -2.07. The molecule has 146 valence electrons. The van der Waals surface area contributed by atoms with Gasteiger partial charge in [0, 0.05) is 28.8 Å². The molecule has 1 aromatic heterocycles. The van der Waals surface area contributed by atoms with Gasteiger partial charge in [-0.3, -0.25) is 4.79 Å². The minimum absolute atomic E-state index is 0.0302. The molecule has 3 rings (SSSR count). The predicted octanol–water partition coefficient (Wildman–Crippen LogP) is 3.23. The highest BCUT2D eigenvalue weighted by Gasteiger charge is 2.14. The third-order valence-corrected chi connectivity index (χ3v) is 5.62. The number of methoxy groups -OCH3 is 1. The van der Waals surface area contributed by atoms with Gasteiger partial charge < -0.3 is 15.9 Å². The van der Waals surface area contributed by atoms with Gasteiger partial charge in [-0.15, -0.1) is 10.2 Å². The summed E-state index contributed by atoms with van der Waals surface area (Å²) in [4.78, 5) is 12.1. The van der Waals surface area contributed by atoms with E-state index >= 15 is 0 Å². The number of nitrogens with one attached hydrogen (secondary N) is 1. The first-order valence-electron chi connectivity index (χ1n) is 8.56. The normalized spacial score (nSPS) is 10.6. The van der Waals surface area contributed by atoms with Gasteiger partial charge in [0.05, 0.1) is 7.11 Å². The zero-order valence-electron chi connectivity index (χ0n) is 15.3. The number of hydrogen-bond donors (Lipinski definition) is 2. The van der Waals surface area contributed by atoms with E-state index < -0.39 is 0 Å². The van der Waals surface area contributed by atoms with Gasteiger partial charge in [0.1, 0.15) is 5.75 Å². The molecule has 0 aliphatic heterocycles. The number of rotatable bonds is 8. The van der Waals surface area contributed by atoms with Crippen LogP contribution in [0.4, 0.5) is 0 Å². The lowest BCUT2D eigenvalue weighted by atomic mass is 10.2. The predicted molar refractivity (Wildman–Crippen MR) is 113 cm³/mol. The van der Waals surface area contributed by atoms with Crippen LogP contribution in [0.15, 0.2) is 58.2 Å². The fourth-order valence-corrected chi connectivity index (χ4v) is 3.73. The van der Waals surface area contributed by atoms with Crippen LogP contribution >= 0.6 is 27.7 Å². The molecule has 0 atom stereocenters. The molecule has 0 saturated heterocycles. The molecular weight excluding hydrogens is 442 g/mol. The van der Waals surface area contributed by atoms with Crippen LogP contribution in [-0.2, 0) is 11.3 Å². The SMILES string of the molecule is COc1ccc(CNC(=O)CCSc2nnc(-c3ccccc3Br)n2N)cc1. The molecule has 1 amide bonds. The molecule has 2 aromatic carbocycles. The summed E-state index contributed by atoms with van der Waals surface area (Å²) in [5, 5.41) is 11.8. The van der Waals surface area contributed by atoms with Crippen LogP contribution in [-0.4, -0.2) is 33.6 Å². The summed E-state index contributed by atoms with van der Waals surface area (Å²) in [5.74, 6) is 8.00. The van der Waals surface area contributed by atoms with E-state index in [1.54, 1.807) is 7.11 Å². The number of carbonyl (C=O) groups excluding carboxylic acids is 1. The summed E-state index contributed by atoms with van der Waals surface area (Å²) >= 11 is 4.88. The molecule has 28 heavy (non-hydrogen) atoms. The minimum Gasteiger partial charge on any atom is -0.497 e. The third kappa shape index (κ3) is 5.05. The Morgan fingerprint density at radius 2 is 1.96 bits per heavy atom. The van der Waals surface area contributed by atoms with Crippen LogP contribution in [0, 0.1) is 0 Å². The van der Waals surface area contributed by atoms with Gasteiger partial charge in [0.15, 0.2) is 5.82 Å². The summed E-state index contributed by atoms with van der Waals surface area (Å²) in [6.07, 6.45) is 0.359. The summed E-state index contributed by atoms with van der Waals surface area (Å²) in [6.45, 7) is 0.479. The summed E-state index contributed by atoms with van der Waals surface area (Å²) < 4.78 is 7.46. The first kappa shape index (κ1) is 20.2. The second-order valence-electron chi connectivity index (χ2n) is 5.88. The fourth-order valence-electron chi connectivity index (χ4n) is 2.47. The Balaban J connectivity index is 1.48. The number of nitrogens with zero attached hydrogens (tertiary/aromatic N) is 3. The van der Waals surface area contributed by atoms with Crippen LogP contribution in [0.2, 0.25) is 0 Å². The fraction of sp³-hybridized carbons (Fsp3) is 0.211. The number of aromatic nitrogens is 3. The largest absolute Gasteiger partial charge is 0.497 e. The monoisotopic (exact) mass is 461 g/mol. The molecule has 0 fully saturated rings. The average molecular weight is 462 g/mol. The Labute approximate surface area is 175 Å². The van der Waals surface area contributed by atoms with Crippen molar-refractivity contribution in [3.05, 3.63) is 58.6 Å². The molecule has 3 aromatic rings. The van der Waals surface area contributed by atoms with Crippen molar-refractivity contribution >= 4 is 33.6 Å². The maximum atomic E-state index is 12.1. The van der Waals surface area contributed by atoms with E-state index in [9.17, 15) is 4.79 Å². The third-order valence-electron chi connectivity index (χ3n) is 3.99. The van der Waals surface area contributed by atoms with Crippen molar-refractivity contribution < 1.29 is 9.53 Å². The van der Waals surface area contributed by atoms with E-state index in [0.717, 1.165) is 21.3 Å². The van der Waals surface area contributed by atoms with Crippen LogP contribution in [0.1, 0.15) is 12.0 Å². The Bertz CT molecular complexity index is 946. The number of nitrogen functional groups attached to an aromatic ring is 1. The summed E-state index contributed by atoms with van der Waals surface area (Å²) in [6, 6.07) is 15.3. The number of ether oxygens (including phenoxy) is 1. The zero-order valence-corrected chi connectivity index (χ0v) is 17.7. The smallest absolute Gasteiger partial charge is 0.221 e. The number of nitrogens with two attached hydrogens (primary N) is 1. The van der Waals surface area contributed by atoms with Crippen LogP contribution in [0.5, 0.6) is 5.75 Å². The van der Waals surface area contributed by atoms with Gasteiger partial charge >= 0.3 is 0 Å². The quantitative estimate of drug-likeness (QED) is 0.394. The molecule has 1 heterocycles. The van der Waals surface area contributed by atoms with E-state index in [1.165, 1.54) is 16.4 Å². The number of thioether (sulfide) groups is 1. The van der Waals surface area contributed by atoms with E-state index in [-0.39, 0.29) is 5.91 Å². The molecule has 0 bridgehead atoms. The van der Waals surface area contributed by atoms with Crippen molar-refractivity contribution in [1.29, 1.82) is 0 Å². The van der Waals surface area contributed by atoms with Crippen molar-refractivity contribution in [1.82, 2.24) is 20.2 Å². The van der Waals surface area contributed by atoms with E-state index in [1.807, 2.05) is 48.5 Å². The van der Waals surface area contributed by atoms with Crippen LogP contribution in [0.3, 0.4) is 0 Å². The lowest BCUT2D eigenvalue weighted by molar-refractivity contribution is -0.120. The number of halogens is 1. The Kier molecular flexibility index (Phi) is 6.94. The zero-order chi connectivity index (χ0) is 19.9. The molecule has 0 radical (unpaired) electrons. The maximum absolute atomic E-state index is 12.1. The second kappa shape index (κ2) is 9.61. The second-order valence-corrected chi connectivity index (χ2v) is 7.80. The van der Waals surface area contributed by atoms with Gasteiger partial charge in [0.2, 0.25) is 11.1 Å². The highest BCUT2D eigenvalue weighted by molar-refractivity contribution is 9.10. The van der Waals surface area contributed by atoms with Crippen molar-refractivity contribution in [2.75, 3.05) is 18.7 Å². The van der Waals surface area contributed by atoms with Crippen molar-refractivity contribution in [2.45, 2.75) is 18.1 Å². The van der Waals surface area contributed by atoms with Gasteiger partial charge in [0.25, 0.3) is 0 Å². The minimum atomic E-state index is -0.0302. The van der Waals surface area contributed by atoms with Crippen molar-refractivity contribution in [3.8, 4) is 17.1 Å². The molecule has 0 unspecified atom stereocenters. The summed E-state index contributed by atoms with van der Waals surface area (Å²) in [5.41, 5.74) is 1.88. The van der Waals surface area contributed by atoms with Crippen LogP contribution in [0.25, 0.3) is 11.4 Å². The lowest BCUT2D eigenvalue weighted by Crippen LogP contribution is -2.23. The molecule has 9 heteroatoms. The molecule has 0 saturated carbocycles. The molecule has 0 aliphatic rings. The topological polar surface area (TPSA) is 95.1 Å². The highest BCUT2D eigenvalue weighted by Crippen LogP contribution is 2.28. The molecule has 7 nitrogen and oxygen atoms in total. The summed E-state index contributed by atoms with van der Waals surface area (Å²) in [7, 11) is 1.62. The molecule has 0 spiro atoms. The number of amides is 1. The number of carbonyl (C=O) groups is 1. The van der Waals surface area contributed by atoms with E-state index in [0.29, 0.717) is 29.7 Å². The molecule has 3 N–H and O–H groups in total. The number of hydrogen-bond acceptors (Lipinski definition) is 6. The number of benzene rings is 2. The molecule has 0 aliphatic carbocycles. The maximum Gasteiger partial charge on any atom is 0.221 e. The Hall–Kier alpha value is -2.52. The van der Waals surface area contributed by atoms with E-state index in [4.69, 9.17) is 10.6 Å². The van der Waals surface area contributed by atoms with Gasteiger partial charge in [-0.05, 0) is 29.8 Å². The first-order chi connectivity index (χ1) is 13.6. The van der Waals surface area contributed by atoms with E-state index in [2.05, 4.69) is 31.4 Å². The highest BCUT2D eigenvalue weighted by atomic mass is 79.9. The Morgan fingerprint density at radius 1 is 1.21 bits per heavy atom. The Morgan fingerprint density at radius 3 is 2.68 bits per heavy atom.